The number of ketones is 1. The minimum absolute atomic E-state index is 0.407. The average molecular weight is 203 g/mol. The molecule has 0 radical (unpaired) electrons. The topological polar surface area (TPSA) is 20.3 Å². The van der Waals surface area contributed by atoms with Gasteiger partial charge in [0.15, 0.2) is 0 Å². The second-order valence-corrected chi connectivity index (χ2v) is 4.42. The summed E-state index contributed by atoms with van der Waals surface area (Å²) in [5.74, 6) is 0.890. The Kier molecular flexibility index (Phi) is 7.50. The van der Waals surface area contributed by atoms with E-state index in [1.165, 1.54) is 0 Å². The van der Waals surface area contributed by atoms with Crippen LogP contribution in [0.1, 0.15) is 40.0 Å². The highest BCUT2D eigenvalue weighted by Crippen LogP contribution is 2.10. The average Bonchev–Trinajstić information content (AvgIpc) is 2.04. The first kappa shape index (κ1) is 13.1. The van der Waals surface area contributed by atoms with Crippen molar-refractivity contribution >= 4 is 15.2 Å². The van der Waals surface area contributed by atoms with E-state index in [0.717, 1.165) is 32.4 Å². The van der Waals surface area contributed by atoms with Gasteiger partial charge in [-0.1, -0.05) is 30.2 Å². The summed E-state index contributed by atoms with van der Waals surface area (Å²) in [6.45, 7) is 8.33. The molecule has 0 saturated carbocycles. The largest absolute Gasteiger partial charge is 0.300 e. The zero-order valence-electron chi connectivity index (χ0n) is 9.05. The molecule has 0 aromatic rings. The predicted octanol–water partition coefficient (Wildman–Crippen LogP) is 2.49. The van der Waals surface area contributed by atoms with Crippen LogP contribution in [0.3, 0.4) is 0 Å². The number of hydrogen-bond acceptors (Lipinski definition) is 2. The van der Waals surface area contributed by atoms with Gasteiger partial charge in [-0.2, -0.15) is 0 Å². The first-order valence-electron chi connectivity index (χ1n) is 5.11. The molecule has 0 aliphatic heterocycles. The van der Waals surface area contributed by atoms with Crippen molar-refractivity contribution in [2.75, 3.05) is 13.1 Å². The third kappa shape index (κ3) is 7.16. The quantitative estimate of drug-likeness (QED) is 0.592. The molecule has 0 saturated heterocycles. The molecule has 0 aliphatic carbocycles. The van der Waals surface area contributed by atoms with Crippen LogP contribution in [-0.2, 0) is 4.79 Å². The SMILES string of the molecule is CCCC(=O)CC(C)CN(P)CC. The number of rotatable bonds is 7. The maximum Gasteiger partial charge on any atom is 0.133 e. The zero-order valence-corrected chi connectivity index (χ0v) is 10.2. The fourth-order valence-electron chi connectivity index (χ4n) is 1.36. The van der Waals surface area contributed by atoms with Crippen molar-refractivity contribution in [3.05, 3.63) is 0 Å². The van der Waals surface area contributed by atoms with Gasteiger partial charge in [0.25, 0.3) is 0 Å². The Morgan fingerprint density at radius 3 is 2.54 bits per heavy atom. The molecule has 0 rings (SSSR count). The van der Waals surface area contributed by atoms with Crippen LogP contribution in [0.4, 0.5) is 0 Å². The van der Waals surface area contributed by atoms with E-state index in [0.29, 0.717) is 11.7 Å². The molecule has 0 spiro atoms. The van der Waals surface area contributed by atoms with E-state index in [1.807, 2.05) is 0 Å². The summed E-state index contributed by atoms with van der Waals surface area (Å²) in [7, 11) is 2.69. The van der Waals surface area contributed by atoms with Crippen molar-refractivity contribution < 1.29 is 4.79 Å². The molecule has 0 N–H and O–H groups in total. The van der Waals surface area contributed by atoms with Gasteiger partial charge in [-0.15, -0.1) is 0 Å². The molecule has 2 nitrogen and oxygen atoms in total. The molecule has 78 valence electrons. The summed E-state index contributed by atoms with van der Waals surface area (Å²) < 4.78 is 2.17. The third-order valence-corrected chi connectivity index (χ3v) is 2.63. The van der Waals surface area contributed by atoms with Gasteiger partial charge < -0.3 is 0 Å². The fourth-order valence-corrected chi connectivity index (χ4v) is 1.72. The van der Waals surface area contributed by atoms with Crippen molar-refractivity contribution in [3.8, 4) is 0 Å². The maximum atomic E-state index is 11.3. The zero-order chi connectivity index (χ0) is 10.3. The van der Waals surface area contributed by atoms with Crippen LogP contribution in [0, 0.1) is 5.92 Å². The van der Waals surface area contributed by atoms with E-state index in [1.54, 1.807) is 0 Å². The van der Waals surface area contributed by atoms with E-state index in [4.69, 9.17) is 0 Å². The van der Waals surface area contributed by atoms with Gasteiger partial charge in [0.2, 0.25) is 0 Å². The predicted molar refractivity (Wildman–Crippen MR) is 60.7 cm³/mol. The summed E-state index contributed by atoms with van der Waals surface area (Å²) >= 11 is 0. The molecule has 2 atom stereocenters. The highest BCUT2D eigenvalue weighted by Gasteiger charge is 2.09. The molecule has 0 fully saturated rings. The summed E-state index contributed by atoms with van der Waals surface area (Å²) in [4.78, 5) is 11.3. The Bertz CT molecular complexity index is 150. The molecule has 3 heteroatoms. The van der Waals surface area contributed by atoms with Gasteiger partial charge in [0.05, 0.1) is 0 Å². The van der Waals surface area contributed by atoms with Crippen LogP contribution in [0.15, 0.2) is 0 Å². The number of Topliss-reactive ketones (excluding diaryl/α,β-unsaturated/α-hetero) is 1. The first-order valence-corrected chi connectivity index (χ1v) is 5.63. The second-order valence-electron chi connectivity index (χ2n) is 3.69. The summed E-state index contributed by atoms with van der Waals surface area (Å²) in [6.07, 6.45) is 2.45. The van der Waals surface area contributed by atoms with Crippen LogP contribution in [0.5, 0.6) is 0 Å². The van der Waals surface area contributed by atoms with E-state index in [9.17, 15) is 4.79 Å². The standard InChI is InChI=1S/C10H22NOP/c1-4-6-10(12)7-9(3)8-11(13)5-2/h9H,4-8,13H2,1-3H3. The van der Waals surface area contributed by atoms with E-state index in [-0.39, 0.29) is 0 Å². The fraction of sp³-hybridized carbons (Fsp3) is 0.900. The lowest BCUT2D eigenvalue weighted by atomic mass is 10.0. The number of carbonyl (C=O) groups is 1. The lowest BCUT2D eigenvalue weighted by Crippen LogP contribution is -2.20. The van der Waals surface area contributed by atoms with Gasteiger partial charge in [0, 0.05) is 19.4 Å². The maximum absolute atomic E-state index is 11.3. The highest BCUT2D eigenvalue weighted by molar-refractivity contribution is 7.13. The Balaban J connectivity index is 3.60. The van der Waals surface area contributed by atoms with Gasteiger partial charge in [-0.25, -0.2) is 0 Å². The Morgan fingerprint density at radius 1 is 1.46 bits per heavy atom. The van der Waals surface area contributed by atoms with Gasteiger partial charge in [-0.05, 0) is 18.9 Å². The molecule has 2 unspecified atom stereocenters. The van der Waals surface area contributed by atoms with E-state index < -0.39 is 0 Å². The second kappa shape index (κ2) is 7.46. The molecule has 0 bridgehead atoms. The molecular formula is C10H22NOP. The summed E-state index contributed by atoms with van der Waals surface area (Å²) in [5.41, 5.74) is 0. The lowest BCUT2D eigenvalue weighted by Gasteiger charge is -2.18. The Hall–Kier alpha value is 0.0600. The molecule has 0 heterocycles. The number of nitrogens with zero attached hydrogens (tertiary/aromatic N) is 1. The molecular weight excluding hydrogens is 181 g/mol. The number of hydrogen-bond donors (Lipinski definition) is 0. The van der Waals surface area contributed by atoms with Gasteiger partial charge in [0.1, 0.15) is 5.78 Å². The van der Waals surface area contributed by atoms with Crippen LogP contribution >= 0.6 is 9.39 Å². The molecule has 0 aromatic carbocycles. The van der Waals surface area contributed by atoms with Crippen LogP contribution < -0.4 is 0 Å². The van der Waals surface area contributed by atoms with Gasteiger partial charge in [-0.3, -0.25) is 9.46 Å². The van der Waals surface area contributed by atoms with Gasteiger partial charge >= 0.3 is 0 Å². The Labute approximate surface area is 84.3 Å². The monoisotopic (exact) mass is 203 g/mol. The van der Waals surface area contributed by atoms with Crippen LogP contribution in [0.25, 0.3) is 0 Å². The highest BCUT2D eigenvalue weighted by atomic mass is 31.0. The van der Waals surface area contributed by atoms with Crippen molar-refractivity contribution in [3.63, 3.8) is 0 Å². The molecule has 0 aromatic heterocycles. The normalized spacial score (nSPS) is 13.3. The number of carbonyl (C=O) groups excluding carboxylic acids is 1. The van der Waals surface area contributed by atoms with E-state index >= 15 is 0 Å². The Morgan fingerprint density at radius 2 is 2.08 bits per heavy atom. The first-order chi connectivity index (χ1) is 6.10. The summed E-state index contributed by atoms with van der Waals surface area (Å²) in [6, 6.07) is 0. The molecule has 0 aliphatic rings. The van der Waals surface area contributed by atoms with Crippen molar-refractivity contribution in [1.29, 1.82) is 0 Å². The molecule has 13 heavy (non-hydrogen) atoms. The van der Waals surface area contributed by atoms with Crippen molar-refractivity contribution in [2.45, 2.75) is 40.0 Å². The third-order valence-electron chi connectivity index (χ3n) is 2.06. The summed E-state index contributed by atoms with van der Waals surface area (Å²) in [5, 5.41) is 0. The van der Waals surface area contributed by atoms with Crippen LogP contribution in [0.2, 0.25) is 0 Å². The van der Waals surface area contributed by atoms with Crippen molar-refractivity contribution in [1.82, 2.24) is 4.67 Å². The minimum Gasteiger partial charge on any atom is -0.300 e. The molecule has 0 amide bonds. The van der Waals surface area contributed by atoms with Crippen molar-refractivity contribution in [2.24, 2.45) is 5.92 Å². The smallest absolute Gasteiger partial charge is 0.133 e. The van der Waals surface area contributed by atoms with E-state index in [2.05, 4.69) is 34.8 Å². The van der Waals surface area contributed by atoms with Crippen LogP contribution in [-0.4, -0.2) is 23.5 Å². The lowest BCUT2D eigenvalue weighted by molar-refractivity contribution is -0.119. The minimum atomic E-state index is 0.407.